The van der Waals surface area contributed by atoms with Gasteiger partial charge in [0.1, 0.15) is 0 Å². The van der Waals surface area contributed by atoms with Gasteiger partial charge >= 0.3 is 0 Å². The summed E-state index contributed by atoms with van der Waals surface area (Å²) in [6.45, 7) is 3.66. The molecule has 1 aliphatic carbocycles. The molecule has 0 radical (unpaired) electrons. The van der Waals surface area contributed by atoms with Crippen LogP contribution in [-0.2, 0) is 9.59 Å². The SMILES string of the molecule is Cc1n[nH]c(C)c1N1C(=O)C2CCC(C2)C1=O. The molecule has 1 saturated carbocycles. The van der Waals surface area contributed by atoms with Crippen LogP contribution in [-0.4, -0.2) is 22.0 Å². The lowest BCUT2D eigenvalue weighted by molar-refractivity contribution is -0.133. The van der Waals surface area contributed by atoms with Gasteiger partial charge in [-0.25, -0.2) is 4.90 Å². The second kappa shape index (κ2) is 3.42. The Morgan fingerprint density at radius 1 is 1.18 bits per heavy atom. The first kappa shape index (κ1) is 10.5. The van der Waals surface area contributed by atoms with Crippen LogP contribution in [0.1, 0.15) is 30.7 Å². The van der Waals surface area contributed by atoms with E-state index in [1.165, 1.54) is 4.90 Å². The molecule has 90 valence electrons. The molecule has 5 nitrogen and oxygen atoms in total. The lowest BCUT2D eigenvalue weighted by atomic mass is 9.96. The first-order chi connectivity index (χ1) is 8.09. The number of anilines is 1. The van der Waals surface area contributed by atoms with Gasteiger partial charge in [0.05, 0.1) is 17.1 Å². The fourth-order valence-corrected chi connectivity index (χ4v) is 3.00. The molecule has 2 unspecified atom stereocenters. The van der Waals surface area contributed by atoms with E-state index in [4.69, 9.17) is 0 Å². The number of rotatable bonds is 1. The molecule has 1 N–H and O–H groups in total. The van der Waals surface area contributed by atoms with Crippen molar-refractivity contribution in [1.29, 1.82) is 0 Å². The van der Waals surface area contributed by atoms with Crippen LogP contribution in [0.3, 0.4) is 0 Å². The molecule has 2 heterocycles. The predicted octanol–water partition coefficient (Wildman–Crippen LogP) is 1.32. The highest BCUT2D eigenvalue weighted by Crippen LogP contribution is 2.41. The lowest BCUT2D eigenvalue weighted by Crippen LogP contribution is -2.46. The quantitative estimate of drug-likeness (QED) is 0.744. The molecule has 5 heteroatoms. The third-order valence-electron chi connectivity index (χ3n) is 3.88. The number of piperidine rings is 1. The van der Waals surface area contributed by atoms with Crippen LogP contribution >= 0.6 is 0 Å². The zero-order valence-electron chi connectivity index (χ0n) is 9.99. The number of aryl methyl sites for hydroxylation is 2. The van der Waals surface area contributed by atoms with Crippen LogP contribution < -0.4 is 4.90 Å². The minimum atomic E-state index is -0.0450. The van der Waals surface area contributed by atoms with Crippen molar-refractivity contribution < 1.29 is 9.59 Å². The lowest BCUT2D eigenvalue weighted by Gasteiger charge is -2.29. The second-order valence-electron chi connectivity index (χ2n) is 5.00. The van der Waals surface area contributed by atoms with Gasteiger partial charge in [-0.1, -0.05) is 0 Å². The molecule has 1 saturated heterocycles. The highest BCUT2D eigenvalue weighted by Gasteiger charge is 2.46. The van der Waals surface area contributed by atoms with E-state index in [0.717, 1.165) is 25.0 Å². The number of aromatic nitrogens is 2. The minimum Gasteiger partial charge on any atom is -0.280 e. The molecule has 2 aliphatic rings. The van der Waals surface area contributed by atoms with Crippen molar-refractivity contribution in [2.24, 2.45) is 11.8 Å². The smallest absolute Gasteiger partial charge is 0.237 e. The summed E-state index contributed by atoms with van der Waals surface area (Å²) in [7, 11) is 0. The van der Waals surface area contributed by atoms with Crippen LogP contribution in [0.5, 0.6) is 0 Å². The van der Waals surface area contributed by atoms with Crippen LogP contribution in [0.25, 0.3) is 0 Å². The molecule has 3 rings (SSSR count). The Bertz CT molecular complexity index is 464. The van der Waals surface area contributed by atoms with E-state index in [-0.39, 0.29) is 23.7 Å². The number of hydrogen-bond donors (Lipinski definition) is 1. The summed E-state index contributed by atoms with van der Waals surface area (Å²) in [6.07, 6.45) is 2.44. The fraction of sp³-hybridized carbons (Fsp3) is 0.583. The van der Waals surface area contributed by atoms with Crippen molar-refractivity contribution >= 4 is 17.5 Å². The maximum atomic E-state index is 12.3. The summed E-state index contributed by atoms with van der Waals surface area (Å²) in [4.78, 5) is 25.9. The van der Waals surface area contributed by atoms with Gasteiger partial charge in [0, 0.05) is 11.8 Å². The molecule has 1 aromatic rings. The van der Waals surface area contributed by atoms with Crippen molar-refractivity contribution in [1.82, 2.24) is 10.2 Å². The standard InChI is InChI=1S/C12H15N3O2/c1-6-10(7(2)14-13-6)15-11(16)8-3-4-9(5-8)12(15)17/h8-9H,3-5H2,1-2H3,(H,13,14). The normalized spacial score (nSPS) is 28.0. The van der Waals surface area contributed by atoms with Crippen molar-refractivity contribution in [3.8, 4) is 0 Å². The number of imide groups is 1. The van der Waals surface area contributed by atoms with E-state index in [0.29, 0.717) is 11.4 Å². The van der Waals surface area contributed by atoms with Crippen molar-refractivity contribution in [2.75, 3.05) is 4.90 Å². The molecule has 1 aliphatic heterocycles. The Kier molecular flexibility index (Phi) is 2.11. The van der Waals surface area contributed by atoms with Gasteiger partial charge in [-0.05, 0) is 33.1 Å². The van der Waals surface area contributed by atoms with Crippen molar-refractivity contribution in [2.45, 2.75) is 33.1 Å². The fourth-order valence-electron chi connectivity index (χ4n) is 3.00. The van der Waals surface area contributed by atoms with Gasteiger partial charge in [0.25, 0.3) is 0 Å². The molecule has 17 heavy (non-hydrogen) atoms. The number of amides is 2. The van der Waals surface area contributed by atoms with Gasteiger partial charge in [-0.3, -0.25) is 14.7 Å². The molecule has 2 atom stereocenters. The molecule has 0 spiro atoms. The Hall–Kier alpha value is -1.65. The van der Waals surface area contributed by atoms with E-state index in [1.807, 2.05) is 13.8 Å². The van der Waals surface area contributed by atoms with Gasteiger partial charge in [-0.15, -0.1) is 0 Å². The van der Waals surface area contributed by atoms with Gasteiger partial charge in [0.15, 0.2) is 0 Å². The van der Waals surface area contributed by atoms with Crippen LogP contribution in [0.4, 0.5) is 5.69 Å². The van der Waals surface area contributed by atoms with E-state index < -0.39 is 0 Å². The maximum absolute atomic E-state index is 12.3. The largest absolute Gasteiger partial charge is 0.280 e. The maximum Gasteiger partial charge on any atom is 0.237 e. The van der Waals surface area contributed by atoms with Crippen LogP contribution in [0.15, 0.2) is 0 Å². The van der Waals surface area contributed by atoms with Crippen LogP contribution in [0.2, 0.25) is 0 Å². The summed E-state index contributed by atoms with van der Waals surface area (Å²) in [6, 6.07) is 0. The Morgan fingerprint density at radius 2 is 1.76 bits per heavy atom. The number of carbonyl (C=O) groups excluding carboxylic acids is 2. The number of carbonyl (C=O) groups is 2. The molecular weight excluding hydrogens is 218 g/mol. The number of nitrogens with one attached hydrogen (secondary N) is 1. The van der Waals surface area contributed by atoms with Crippen molar-refractivity contribution in [3.05, 3.63) is 11.4 Å². The van der Waals surface area contributed by atoms with Gasteiger partial charge in [0.2, 0.25) is 11.8 Å². The summed E-state index contributed by atoms with van der Waals surface area (Å²) in [5.74, 6) is -0.0227. The third-order valence-corrected chi connectivity index (χ3v) is 3.88. The summed E-state index contributed by atoms with van der Waals surface area (Å²) < 4.78 is 0. The Labute approximate surface area is 99.2 Å². The Morgan fingerprint density at radius 3 is 2.24 bits per heavy atom. The van der Waals surface area contributed by atoms with E-state index in [1.54, 1.807) is 0 Å². The molecule has 0 aromatic carbocycles. The Balaban J connectivity index is 2.08. The number of nitrogens with zero attached hydrogens (tertiary/aromatic N) is 2. The zero-order valence-corrected chi connectivity index (χ0v) is 9.99. The first-order valence-electron chi connectivity index (χ1n) is 5.99. The minimum absolute atomic E-state index is 0.0337. The highest BCUT2D eigenvalue weighted by molar-refractivity contribution is 6.19. The molecular formula is C12H15N3O2. The van der Waals surface area contributed by atoms with Gasteiger partial charge in [-0.2, -0.15) is 5.10 Å². The number of H-pyrrole nitrogens is 1. The van der Waals surface area contributed by atoms with Crippen molar-refractivity contribution in [3.63, 3.8) is 0 Å². The molecule has 2 amide bonds. The van der Waals surface area contributed by atoms with Gasteiger partial charge < -0.3 is 0 Å². The average molecular weight is 233 g/mol. The second-order valence-corrected chi connectivity index (χ2v) is 5.00. The third kappa shape index (κ3) is 1.34. The van der Waals surface area contributed by atoms with E-state index in [2.05, 4.69) is 10.2 Å². The summed E-state index contributed by atoms with van der Waals surface area (Å²) >= 11 is 0. The number of fused-ring (bicyclic) bond motifs is 2. The first-order valence-corrected chi connectivity index (χ1v) is 5.99. The zero-order chi connectivity index (χ0) is 12.2. The topological polar surface area (TPSA) is 66.1 Å². The predicted molar refractivity (Wildman–Crippen MR) is 61.4 cm³/mol. The van der Waals surface area contributed by atoms with E-state index in [9.17, 15) is 9.59 Å². The number of aromatic amines is 1. The average Bonchev–Trinajstić information content (AvgIpc) is 2.87. The molecule has 2 bridgehead atoms. The monoisotopic (exact) mass is 233 g/mol. The molecule has 1 aromatic heterocycles. The van der Waals surface area contributed by atoms with Crippen LogP contribution in [0, 0.1) is 25.7 Å². The molecule has 2 fully saturated rings. The number of hydrogen-bond acceptors (Lipinski definition) is 3. The summed E-state index contributed by atoms with van der Waals surface area (Å²) in [5, 5.41) is 6.89. The van der Waals surface area contributed by atoms with E-state index >= 15 is 0 Å². The summed E-state index contributed by atoms with van der Waals surface area (Å²) in [5.41, 5.74) is 2.16. The highest BCUT2D eigenvalue weighted by atomic mass is 16.2.